The van der Waals surface area contributed by atoms with E-state index >= 15 is 0 Å². The summed E-state index contributed by atoms with van der Waals surface area (Å²) in [5.74, 6) is 0.320. The Morgan fingerprint density at radius 1 is 1.24 bits per heavy atom. The lowest BCUT2D eigenvalue weighted by molar-refractivity contribution is -0.125. The molecule has 0 aliphatic heterocycles. The molecule has 1 N–H and O–H groups in total. The minimum atomic E-state index is 0.147. The van der Waals surface area contributed by atoms with Crippen molar-refractivity contribution in [3.63, 3.8) is 0 Å². The zero-order chi connectivity index (χ0) is 15.1. The number of carbonyl (C=O) groups excluding carboxylic acids is 1. The maximum absolute atomic E-state index is 12.1. The van der Waals surface area contributed by atoms with Gasteiger partial charge in [0.2, 0.25) is 5.91 Å². The van der Waals surface area contributed by atoms with Crippen LogP contribution < -0.4 is 5.32 Å². The van der Waals surface area contributed by atoms with Gasteiger partial charge in [-0.25, -0.2) is 0 Å². The van der Waals surface area contributed by atoms with Gasteiger partial charge in [-0.2, -0.15) is 0 Å². The van der Waals surface area contributed by atoms with E-state index in [1.54, 1.807) is 0 Å². The van der Waals surface area contributed by atoms with Crippen LogP contribution in [0.25, 0.3) is 0 Å². The molecular formula is C18H25NO2. The number of rotatable bonds is 6. The van der Waals surface area contributed by atoms with Gasteiger partial charge in [0, 0.05) is 12.5 Å². The van der Waals surface area contributed by atoms with Crippen molar-refractivity contribution in [1.29, 1.82) is 0 Å². The molecule has 0 aromatic heterocycles. The first-order valence-electron chi connectivity index (χ1n) is 7.77. The van der Waals surface area contributed by atoms with Crippen LogP contribution >= 0.6 is 0 Å². The van der Waals surface area contributed by atoms with Gasteiger partial charge in [-0.3, -0.25) is 4.79 Å². The third-order valence-corrected chi connectivity index (χ3v) is 3.71. The highest BCUT2D eigenvalue weighted by Crippen LogP contribution is 2.18. The van der Waals surface area contributed by atoms with Crippen molar-refractivity contribution < 1.29 is 9.53 Å². The molecule has 0 spiro atoms. The summed E-state index contributed by atoms with van der Waals surface area (Å²) in [6, 6.07) is 8.24. The Balaban J connectivity index is 1.77. The highest BCUT2D eigenvalue weighted by atomic mass is 16.5. The first kappa shape index (κ1) is 15.8. The highest BCUT2D eigenvalue weighted by Gasteiger charge is 2.17. The Morgan fingerprint density at radius 2 is 1.95 bits per heavy atom. The van der Waals surface area contributed by atoms with Crippen LogP contribution in [-0.2, 0) is 22.7 Å². The Morgan fingerprint density at radius 3 is 2.57 bits per heavy atom. The van der Waals surface area contributed by atoms with E-state index in [4.69, 9.17) is 4.74 Å². The van der Waals surface area contributed by atoms with Crippen LogP contribution in [-0.4, -0.2) is 12.0 Å². The normalized spacial score (nSPS) is 18.0. The largest absolute Gasteiger partial charge is 0.374 e. The number of hydrogen-bond donors (Lipinski definition) is 1. The van der Waals surface area contributed by atoms with Gasteiger partial charge in [0.25, 0.3) is 0 Å². The van der Waals surface area contributed by atoms with E-state index < -0.39 is 0 Å². The topological polar surface area (TPSA) is 38.3 Å². The maximum atomic E-state index is 12.1. The molecule has 0 fully saturated rings. The lowest BCUT2D eigenvalue weighted by Gasteiger charge is -2.17. The van der Waals surface area contributed by atoms with Gasteiger partial charge >= 0.3 is 0 Å². The summed E-state index contributed by atoms with van der Waals surface area (Å²) in [6.45, 7) is 5.30. The van der Waals surface area contributed by atoms with Gasteiger partial charge in [0.1, 0.15) is 0 Å². The molecule has 1 aliphatic rings. The Labute approximate surface area is 127 Å². The number of allylic oxidation sites excluding steroid dienone is 2. The van der Waals surface area contributed by atoms with Crippen LogP contribution in [0.1, 0.15) is 44.2 Å². The molecule has 0 radical (unpaired) electrons. The number of nitrogens with one attached hydrogen (secondary N) is 1. The van der Waals surface area contributed by atoms with E-state index in [1.165, 1.54) is 0 Å². The molecule has 1 aromatic rings. The minimum Gasteiger partial charge on any atom is -0.374 e. The fourth-order valence-electron chi connectivity index (χ4n) is 2.38. The number of benzene rings is 1. The molecule has 0 heterocycles. The second-order valence-corrected chi connectivity index (χ2v) is 5.88. The van der Waals surface area contributed by atoms with Crippen molar-refractivity contribution in [2.75, 3.05) is 0 Å². The Bertz CT molecular complexity index is 476. The van der Waals surface area contributed by atoms with Gasteiger partial charge in [-0.15, -0.1) is 0 Å². The van der Waals surface area contributed by atoms with Gasteiger partial charge in [0.15, 0.2) is 0 Å². The van der Waals surface area contributed by atoms with E-state index in [1.807, 2.05) is 13.8 Å². The molecular weight excluding hydrogens is 262 g/mol. The molecule has 21 heavy (non-hydrogen) atoms. The summed E-state index contributed by atoms with van der Waals surface area (Å²) < 4.78 is 5.57. The fourth-order valence-corrected chi connectivity index (χ4v) is 2.38. The number of ether oxygens (including phenoxy) is 1. The lowest BCUT2D eigenvalue weighted by atomic mass is 9.93. The van der Waals surface area contributed by atoms with E-state index in [2.05, 4.69) is 41.7 Å². The zero-order valence-corrected chi connectivity index (χ0v) is 13.0. The van der Waals surface area contributed by atoms with Crippen LogP contribution in [0.5, 0.6) is 0 Å². The van der Waals surface area contributed by atoms with Crippen LogP contribution in [0.4, 0.5) is 0 Å². The van der Waals surface area contributed by atoms with Crippen LogP contribution in [0.15, 0.2) is 36.4 Å². The quantitative estimate of drug-likeness (QED) is 0.812. The molecule has 0 unspecified atom stereocenters. The predicted molar refractivity (Wildman–Crippen MR) is 84.7 cm³/mol. The molecule has 2 rings (SSSR count). The van der Waals surface area contributed by atoms with Gasteiger partial charge in [0.05, 0.1) is 12.7 Å². The smallest absolute Gasteiger partial charge is 0.223 e. The van der Waals surface area contributed by atoms with Crippen molar-refractivity contribution in [2.45, 2.75) is 52.4 Å². The molecule has 3 nitrogen and oxygen atoms in total. The summed E-state index contributed by atoms with van der Waals surface area (Å²) in [4.78, 5) is 12.1. The standard InChI is InChI=1S/C18H25NO2/c1-14(2)21-13-16-10-8-15(9-11-16)12-19-18(20)17-6-4-3-5-7-17/h3-4,8-11,14,17H,5-7,12-13H2,1-2H3,(H,19,20)/t17-/m1/s1. The fraction of sp³-hybridized carbons (Fsp3) is 0.500. The van der Waals surface area contributed by atoms with E-state index in [9.17, 15) is 4.79 Å². The van der Waals surface area contributed by atoms with Crippen molar-refractivity contribution >= 4 is 5.91 Å². The van der Waals surface area contributed by atoms with Gasteiger partial charge in [-0.05, 0) is 44.2 Å². The molecule has 1 amide bonds. The second-order valence-electron chi connectivity index (χ2n) is 5.88. The van der Waals surface area contributed by atoms with Crippen LogP contribution in [0, 0.1) is 5.92 Å². The number of hydrogen-bond acceptors (Lipinski definition) is 2. The molecule has 1 aromatic carbocycles. The third-order valence-electron chi connectivity index (χ3n) is 3.71. The van der Waals surface area contributed by atoms with Crippen molar-refractivity contribution in [1.82, 2.24) is 5.32 Å². The summed E-state index contributed by atoms with van der Waals surface area (Å²) >= 11 is 0. The van der Waals surface area contributed by atoms with Gasteiger partial charge in [-0.1, -0.05) is 36.4 Å². The lowest BCUT2D eigenvalue weighted by Crippen LogP contribution is -2.30. The van der Waals surface area contributed by atoms with Crippen LogP contribution in [0.3, 0.4) is 0 Å². The molecule has 0 saturated carbocycles. The monoisotopic (exact) mass is 287 g/mol. The average Bonchev–Trinajstić information content (AvgIpc) is 2.52. The van der Waals surface area contributed by atoms with E-state index in [0.717, 1.165) is 30.4 Å². The van der Waals surface area contributed by atoms with E-state index in [0.29, 0.717) is 13.2 Å². The second kappa shape index (κ2) is 7.99. The predicted octanol–water partition coefficient (Wildman–Crippen LogP) is 3.58. The van der Waals surface area contributed by atoms with Crippen LogP contribution in [0.2, 0.25) is 0 Å². The zero-order valence-electron chi connectivity index (χ0n) is 13.0. The molecule has 1 aliphatic carbocycles. The molecule has 3 heteroatoms. The molecule has 0 saturated heterocycles. The summed E-state index contributed by atoms with van der Waals surface area (Å²) in [6.07, 6.45) is 7.36. The molecule has 1 atom stereocenters. The SMILES string of the molecule is CC(C)OCc1ccc(CNC(=O)[C@@H]2CC=CCC2)cc1. The third kappa shape index (κ3) is 5.35. The van der Waals surface area contributed by atoms with Crippen molar-refractivity contribution in [2.24, 2.45) is 5.92 Å². The first-order valence-corrected chi connectivity index (χ1v) is 7.77. The van der Waals surface area contributed by atoms with Gasteiger partial charge < -0.3 is 10.1 Å². The Kier molecular flexibility index (Phi) is 6.00. The van der Waals surface area contributed by atoms with E-state index in [-0.39, 0.29) is 17.9 Å². The average molecular weight is 287 g/mol. The molecule has 114 valence electrons. The number of carbonyl (C=O) groups is 1. The van der Waals surface area contributed by atoms with Crippen molar-refractivity contribution in [3.05, 3.63) is 47.5 Å². The summed E-state index contributed by atoms with van der Waals surface area (Å²) in [5.41, 5.74) is 2.29. The highest BCUT2D eigenvalue weighted by molar-refractivity contribution is 5.78. The number of amides is 1. The Hall–Kier alpha value is -1.61. The maximum Gasteiger partial charge on any atom is 0.223 e. The van der Waals surface area contributed by atoms with Crippen molar-refractivity contribution in [3.8, 4) is 0 Å². The summed E-state index contributed by atoms with van der Waals surface area (Å²) in [7, 11) is 0. The minimum absolute atomic E-state index is 0.147. The summed E-state index contributed by atoms with van der Waals surface area (Å²) in [5, 5.41) is 3.03. The first-order chi connectivity index (χ1) is 10.1. The molecule has 0 bridgehead atoms.